The zero-order chi connectivity index (χ0) is 10.9. The summed E-state index contributed by atoms with van der Waals surface area (Å²) in [6, 6.07) is 9.42. The van der Waals surface area contributed by atoms with Crippen LogP contribution in [-0.4, -0.2) is 35.1 Å². The molecule has 0 saturated carbocycles. The molecule has 1 N–H and O–H groups in total. The van der Waals surface area contributed by atoms with Crippen molar-refractivity contribution in [3.8, 4) is 0 Å². The molecule has 2 nitrogen and oxygen atoms in total. The van der Waals surface area contributed by atoms with Crippen LogP contribution in [0.3, 0.4) is 0 Å². The molecule has 0 aromatic heterocycles. The van der Waals surface area contributed by atoms with Gasteiger partial charge in [-0.25, -0.2) is 8.78 Å². The van der Waals surface area contributed by atoms with Crippen molar-refractivity contribution in [1.82, 2.24) is 4.90 Å². The second-order valence-electron chi connectivity index (χ2n) is 3.93. The largest absolute Gasteiger partial charge is 0.385 e. The van der Waals surface area contributed by atoms with Gasteiger partial charge in [-0.15, -0.1) is 0 Å². The predicted molar refractivity (Wildman–Crippen MR) is 52.7 cm³/mol. The van der Waals surface area contributed by atoms with E-state index in [1.165, 1.54) is 0 Å². The number of rotatable bonds is 2. The molecule has 1 atom stereocenters. The van der Waals surface area contributed by atoms with Crippen LogP contribution in [0.1, 0.15) is 5.56 Å². The van der Waals surface area contributed by atoms with Crippen molar-refractivity contribution in [3.63, 3.8) is 0 Å². The lowest BCUT2D eigenvalue weighted by atomic mass is 10.2. The van der Waals surface area contributed by atoms with Gasteiger partial charge in [0.1, 0.15) is 6.10 Å². The predicted octanol–water partition coefficient (Wildman–Crippen LogP) is 1.50. The molecular formula is C11H13F2NO. The van der Waals surface area contributed by atoms with Crippen molar-refractivity contribution in [2.24, 2.45) is 0 Å². The lowest BCUT2D eigenvalue weighted by Gasteiger charge is -2.14. The Balaban J connectivity index is 1.99. The Labute approximate surface area is 87.1 Å². The van der Waals surface area contributed by atoms with E-state index in [9.17, 15) is 8.78 Å². The Hall–Kier alpha value is -1.00. The minimum absolute atomic E-state index is 0.0435. The zero-order valence-electron chi connectivity index (χ0n) is 8.24. The van der Waals surface area contributed by atoms with E-state index in [0.29, 0.717) is 6.54 Å². The Morgan fingerprint density at radius 2 is 2.00 bits per heavy atom. The summed E-state index contributed by atoms with van der Waals surface area (Å²) in [7, 11) is 0. The van der Waals surface area contributed by atoms with E-state index in [1.54, 1.807) is 4.90 Å². The quantitative estimate of drug-likeness (QED) is 0.804. The van der Waals surface area contributed by atoms with E-state index in [-0.39, 0.29) is 13.1 Å². The van der Waals surface area contributed by atoms with Crippen LogP contribution in [0.2, 0.25) is 0 Å². The number of aliphatic hydroxyl groups excluding tert-OH is 1. The third-order valence-corrected chi connectivity index (χ3v) is 2.60. The fourth-order valence-electron chi connectivity index (χ4n) is 1.81. The average molecular weight is 213 g/mol. The van der Waals surface area contributed by atoms with E-state index in [2.05, 4.69) is 0 Å². The number of aliphatic hydroxyl groups is 1. The average Bonchev–Trinajstić information content (AvgIpc) is 2.42. The zero-order valence-corrected chi connectivity index (χ0v) is 8.24. The van der Waals surface area contributed by atoms with Gasteiger partial charge in [-0.1, -0.05) is 30.3 Å². The van der Waals surface area contributed by atoms with Crippen LogP contribution in [-0.2, 0) is 6.54 Å². The fraction of sp³-hybridized carbons (Fsp3) is 0.455. The first-order valence-electron chi connectivity index (χ1n) is 4.90. The number of β-amino-alcohol motifs (C(OH)–C–C–N with tert-alkyl or cyclic N) is 1. The van der Waals surface area contributed by atoms with Crippen LogP contribution in [0.15, 0.2) is 30.3 Å². The lowest BCUT2D eigenvalue weighted by Crippen LogP contribution is -2.31. The number of nitrogens with zero attached hydrogens (tertiary/aromatic N) is 1. The van der Waals surface area contributed by atoms with E-state index >= 15 is 0 Å². The Kier molecular flexibility index (Phi) is 2.71. The molecule has 1 aromatic rings. The van der Waals surface area contributed by atoms with Crippen molar-refractivity contribution in [1.29, 1.82) is 0 Å². The highest BCUT2D eigenvalue weighted by Gasteiger charge is 2.46. The molecule has 1 aromatic carbocycles. The highest BCUT2D eigenvalue weighted by atomic mass is 19.3. The topological polar surface area (TPSA) is 23.5 Å². The van der Waals surface area contributed by atoms with Gasteiger partial charge < -0.3 is 5.11 Å². The molecule has 1 aliphatic heterocycles. The number of benzene rings is 1. The minimum atomic E-state index is -2.96. The second-order valence-corrected chi connectivity index (χ2v) is 3.93. The summed E-state index contributed by atoms with van der Waals surface area (Å²) in [4.78, 5) is 1.57. The third kappa shape index (κ3) is 2.33. The van der Waals surface area contributed by atoms with Gasteiger partial charge in [-0.2, -0.15) is 0 Å². The molecule has 2 rings (SSSR count). The van der Waals surface area contributed by atoms with Crippen LogP contribution in [0.4, 0.5) is 8.78 Å². The number of likely N-dealkylation sites (tertiary alicyclic amines) is 1. The summed E-state index contributed by atoms with van der Waals surface area (Å²) in [6.45, 7) is 0.151. The molecule has 1 heterocycles. The van der Waals surface area contributed by atoms with Crippen molar-refractivity contribution >= 4 is 0 Å². The first-order valence-corrected chi connectivity index (χ1v) is 4.90. The molecule has 0 aliphatic carbocycles. The van der Waals surface area contributed by atoms with Crippen LogP contribution < -0.4 is 0 Å². The van der Waals surface area contributed by atoms with Crippen molar-refractivity contribution in [2.75, 3.05) is 13.1 Å². The lowest BCUT2D eigenvalue weighted by molar-refractivity contribution is -0.0731. The maximum Gasteiger partial charge on any atom is 0.287 e. The summed E-state index contributed by atoms with van der Waals surface area (Å²) in [5.74, 6) is -2.96. The number of halogens is 2. The third-order valence-electron chi connectivity index (χ3n) is 2.60. The van der Waals surface area contributed by atoms with E-state index in [4.69, 9.17) is 5.11 Å². The van der Waals surface area contributed by atoms with Gasteiger partial charge in [0, 0.05) is 13.1 Å². The van der Waals surface area contributed by atoms with Gasteiger partial charge in [0.2, 0.25) is 0 Å². The molecule has 0 spiro atoms. The molecule has 4 heteroatoms. The molecule has 1 saturated heterocycles. The van der Waals surface area contributed by atoms with Gasteiger partial charge in [0.05, 0.1) is 6.54 Å². The van der Waals surface area contributed by atoms with Gasteiger partial charge in [0.25, 0.3) is 5.92 Å². The Morgan fingerprint density at radius 3 is 2.53 bits per heavy atom. The molecular weight excluding hydrogens is 200 g/mol. The standard InChI is InChI=1S/C11H13F2NO/c12-11(13)8-14(7-10(11)15)6-9-4-2-1-3-5-9/h1-5,10,15H,6-8H2. The molecule has 0 amide bonds. The number of alkyl halides is 2. The molecule has 0 radical (unpaired) electrons. The monoisotopic (exact) mass is 213 g/mol. The molecule has 82 valence electrons. The molecule has 0 bridgehead atoms. The first-order chi connectivity index (χ1) is 7.08. The van der Waals surface area contributed by atoms with Crippen molar-refractivity contribution < 1.29 is 13.9 Å². The summed E-state index contributed by atoms with van der Waals surface area (Å²) >= 11 is 0. The van der Waals surface area contributed by atoms with Gasteiger partial charge in [0.15, 0.2) is 0 Å². The normalized spacial score (nSPS) is 25.7. The van der Waals surface area contributed by atoms with Crippen molar-refractivity contribution in [3.05, 3.63) is 35.9 Å². The summed E-state index contributed by atoms with van der Waals surface area (Å²) in [6.07, 6.45) is -1.53. The van der Waals surface area contributed by atoms with Gasteiger partial charge in [-0.3, -0.25) is 4.90 Å². The molecule has 1 aliphatic rings. The van der Waals surface area contributed by atoms with E-state index < -0.39 is 12.0 Å². The maximum atomic E-state index is 13.0. The molecule has 1 unspecified atom stereocenters. The van der Waals surface area contributed by atoms with Crippen LogP contribution >= 0.6 is 0 Å². The maximum absolute atomic E-state index is 13.0. The molecule has 15 heavy (non-hydrogen) atoms. The highest BCUT2D eigenvalue weighted by Crippen LogP contribution is 2.28. The first kappa shape index (κ1) is 10.5. The van der Waals surface area contributed by atoms with Crippen molar-refractivity contribution in [2.45, 2.75) is 18.6 Å². The Morgan fingerprint density at radius 1 is 1.33 bits per heavy atom. The number of hydrogen-bond donors (Lipinski definition) is 1. The molecule has 1 fully saturated rings. The number of hydrogen-bond acceptors (Lipinski definition) is 2. The minimum Gasteiger partial charge on any atom is -0.385 e. The smallest absolute Gasteiger partial charge is 0.287 e. The fourth-order valence-corrected chi connectivity index (χ4v) is 1.81. The van der Waals surface area contributed by atoms with E-state index in [1.807, 2.05) is 30.3 Å². The summed E-state index contributed by atoms with van der Waals surface area (Å²) < 4.78 is 26.0. The second kappa shape index (κ2) is 3.87. The summed E-state index contributed by atoms with van der Waals surface area (Å²) in [5.41, 5.74) is 0.988. The SMILES string of the molecule is OC1CN(Cc2ccccc2)CC1(F)F. The van der Waals surface area contributed by atoms with Gasteiger partial charge in [-0.05, 0) is 5.56 Å². The Bertz CT molecular complexity index is 329. The highest BCUT2D eigenvalue weighted by molar-refractivity contribution is 5.15. The summed E-state index contributed by atoms with van der Waals surface area (Å²) in [5, 5.41) is 9.11. The van der Waals surface area contributed by atoms with E-state index in [0.717, 1.165) is 5.56 Å². The van der Waals surface area contributed by atoms with Crippen LogP contribution in [0, 0.1) is 0 Å². The van der Waals surface area contributed by atoms with Gasteiger partial charge >= 0.3 is 0 Å². The van der Waals surface area contributed by atoms with Crippen LogP contribution in [0.25, 0.3) is 0 Å². The van der Waals surface area contributed by atoms with Crippen LogP contribution in [0.5, 0.6) is 0 Å².